The second-order valence-corrected chi connectivity index (χ2v) is 6.56. The second-order valence-electron chi connectivity index (χ2n) is 5.75. The lowest BCUT2D eigenvalue weighted by atomic mass is 10.1. The molecule has 21 heavy (non-hydrogen) atoms. The van der Waals surface area contributed by atoms with E-state index in [1.165, 1.54) is 5.71 Å². The summed E-state index contributed by atoms with van der Waals surface area (Å²) in [5, 5.41) is 6.60. The van der Waals surface area contributed by atoms with Crippen LogP contribution in [-0.4, -0.2) is 30.0 Å². The lowest BCUT2D eigenvalue weighted by Crippen LogP contribution is -2.17. The van der Waals surface area contributed by atoms with Crippen molar-refractivity contribution in [2.75, 3.05) is 12.1 Å². The fraction of sp³-hybridized carbons (Fsp3) is 0.625. The minimum Gasteiger partial charge on any atom is -0.376 e. The highest BCUT2D eigenvalue weighted by Gasteiger charge is 2.17. The number of hydrogen-bond donors (Lipinski definition) is 0. The van der Waals surface area contributed by atoms with Gasteiger partial charge in [-0.15, -0.1) is 0 Å². The molecular formula is C16H24BrN3O. The number of pyridine rings is 1. The van der Waals surface area contributed by atoms with E-state index < -0.39 is 0 Å². The van der Waals surface area contributed by atoms with E-state index >= 15 is 0 Å². The van der Waals surface area contributed by atoms with Crippen molar-refractivity contribution in [3.8, 4) is 0 Å². The predicted molar refractivity (Wildman–Crippen MR) is 90.9 cm³/mol. The highest BCUT2D eigenvalue weighted by Crippen LogP contribution is 2.21. The smallest absolute Gasteiger partial charge is 0.149 e. The maximum atomic E-state index is 5.94. The molecule has 1 aromatic rings. The van der Waals surface area contributed by atoms with E-state index in [9.17, 15) is 0 Å². The molecule has 116 valence electrons. The summed E-state index contributed by atoms with van der Waals surface area (Å²) in [6, 6.07) is 5.86. The fourth-order valence-electron chi connectivity index (χ4n) is 2.59. The first-order valence-corrected chi connectivity index (χ1v) is 8.42. The Morgan fingerprint density at radius 1 is 1.33 bits per heavy atom. The lowest BCUT2D eigenvalue weighted by molar-refractivity contribution is 0.000636. The molecule has 0 aromatic carbocycles. The second kappa shape index (κ2) is 7.90. The molecule has 1 fully saturated rings. The minimum atomic E-state index is 0.307. The van der Waals surface area contributed by atoms with E-state index in [-0.39, 0.29) is 0 Å². The van der Waals surface area contributed by atoms with Crippen molar-refractivity contribution < 1.29 is 4.74 Å². The average molecular weight is 354 g/mol. The van der Waals surface area contributed by atoms with E-state index in [1.54, 1.807) is 0 Å². The van der Waals surface area contributed by atoms with Gasteiger partial charge in [-0.1, -0.05) is 6.07 Å². The van der Waals surface area contributed by atoms with Crippen molar-refractivity contribution in [1.82, 2.24) is 4.98 Å². The Bertz CT molecular complexity index is 490. The largest absolute Gasteiger partial charge is 0.376 e. The molecule has 1 aromatic heterocycles. The van der Waals surface area contributed by atoms with Crippen molar-refractivity contribution in [3.05, 3.63) is 22.8 Å². The Balaban J connectivity index is 1.98. The molecule has 1 atom stereocenters. The number of aromatic nitrogens is 1. The first kappa shape index (κ1) is 16.4. The predicted octanol–water partition coefficient (Wildman–Crippen LogP) is 4.39. The highest BCUT2D eigenvalue weighted by atomic mass is 79.9. The summed E-state index contributed by atoms with van der Waals surface area (Å²) < 4.78 is 6.77. The Labute approximate surface area is 135 Å². The maximum Gasteiger partial charge on any atom is 0.149 e. The van der Waals surface area contributed by atoms with Crippen LogP contribution >= 0.6 is 15.9 Å². The summed E-state index contributed by atoms with van der Waals surface area (Å²) >= 11 is 3.40. The molecule has 4 nitrogen and oxygen atoms in total. The maximum absolute atomic E-state index is 5.94. The molecule has 0 spiro atoms. The minimum absolute atomic E-state index is 0.307. The van der Waals surface area contributed by atoms with Gasteiger partial charge < -0.3 is 4.74 Å². The Kier molecular flexibility index (Phi) is 6.18. The molecule has 0 amide bonds. The lowest BCUT2D eigenvalue weighted by Gasteiger charge is -2.18. The molecular weight excluding hydrogens is 330 g/mol. The normalized spacial score (nSPS) is 21.6. The van der Waals surface area contributed by atoms with Gasteiger partial charge in [0, 0.05) is 12.8 Å². The number of ether oxygens (including phenoxy) is 1. The van der Waals surface area contributed by atoms with Crippen LogP contribution in [0.2, 0.25) is 0 Å². The first-order chi connectivity index (χ1) is 10.0. The summed E-state index contributed by atoms with van der Waals surface area (Å²) in [5.41, 5.74) is 1.24. The number of hydrogen-bond acceptors (Lipinski definition) is 4. The summed E-state index contributed by atoms with van der Waals surface area (Å²) in [6.45, 7) is 4.21. The molecule has 1 aliphatic carbocycles. The zero-order valence-electron chi connectivity index (χ0n) is 13.1. The molecule has 0 bridgehead atoms. The highest BCUT2D eigenvalue weighted by molar-refractivity contribution is 9.10. The zero-order chi connectivity index (χ0) is 15.2. The van der Waals surface area contributed by atoms with Crippen LogP contribution in [0.25, 0.3) is 0 Å². The average Bonchev–Trinajstić information content (AvgIpc) is 2.64. The van der Waals surface area contributed by atoms with Crippen LogP contribution in [0, 0.1) is 0 Å². The Morgan fingerprint density at radius 3 is 2.86 bits per heavy atom. The van der Waals surface area contributed by atoms with E-state index in [1.807, 2.05) is 30.3 Å². The van der Waals surface area contributed by atoms with E-state index in [4.69, 9.17) is 9.84 Å². The summed E-state index contributed by atoms with van der Waals surface area (Å²) in [6.07, 6.45) is 6.10. The van der Waals surface area contributed by atoms with Gasteiger partial charge in [0.15, 0.2) is 0 Å². The van der Waals surface area contributed by atoms with Gasteiger partial charge in [0.2, 0.25) is 0 Å². The standard InChI is InChI=1S/C16H24BrN3O/c1-12(2)21-14-7-4-6-13(10-11-14)19-20(3)16-9-5-8-15(17)18-16/h5,8-9,12,14H,4,6-7,10-11H2,1-3H3/b19-13+. The third kappa shape index (κ3) is 5.40. The summed E-state index contributed by atoms with van der Waals surface area (Å²) in [5.74, 6) is 0.858. The summed E-state index contributed by atoms with van der Waals surface area (Å²) in [7, 11) is 1.95. The fourth-order valence-corrected chi connectivity index (χ4v) is 2.93. The molecule has 1 aliphatic rings. The molecule has 1 unspecified atom stereocenters. The van der Waals surface area contributed by atoms with E-state index in [0.717, 1.165) is 42.5 Å². The topological polar surface area (TPSA) is 37.7 Å². The monoisotopic (exact) mass is 353 g/mol. The van der Waals surface area contributed by atoms with Gasteiger partial charge in [-0.05, 0) is 74.0 Å². The van der Waals surface area contributed by atoms with E-state index in [0.29, 0.717) is 12.2 Å². The molecule has 0 aliphatic heterocycles. The number of nitrogens with zero attached hydrogens (tertiary/aromatic N) is 3. The third-order valence-electron chi connectivity index (χ3n) is 3.53. The van der Waals surface area contributed by atoms with Crippen molar-refractivity contribution in [2.24, 2.45) is 5.10 Å². The number of halogens is 1. The SMILES string of the molecule is CC(C)OC1CCC/C(=N\N(C)c2cccc(Br)n2)CC1. The van der Waals surface area contributed by atoms with Crippen molar-refractivity contribution in [1.29, 1.82) is 0 Å². The van der Waals surface area contributed by atoms with Gasteiger partial charge in [0.05, 0.1) is 12.2 Å². The van der Waals surface area contributed by atoms with Gasteiger partial charge in [0.1, 0.15) is 10.4 Å². The van der Waals surface area contributed by atoms with Crippen LogP contribution in [0.5, 0.6) is 0 Å². The molecule has 1 heterocycles. The van der Waals surface area contributed by atoms with Crippen molar-refractivity contribution in [3.63, 3.8) is 0 Å². The van der Waals surface area contributed by atoms with Gasteiger partial charge in [-0.2, -0.15) is 5.10 Å². The van der Waals surface area contributed by atoms with Crippen LogP contribution in [0.4, 0.5) is 5.82 Å². The van der Waals surface area contributed by atoms with Gasteiger partial charge in [-0.25, -0.2) is 4.98 Å². The van der Waals surface area contributed by atoms with Gasteiger partial charge in [0.25, 0.3) is 0 Å². The molecule has 0 radical (unpaired) electrons. The van der Waals surface area contributed by atoms with Crippen molar-refractivity contribution >= 4 is 27.5 Å². The molecule has 0 N–H and O–H groups in total. The van der Waals surface area contributed by atoms with Crippen LogP contribution in [-0.2, 0) is 4.74 Å². The van der Waals surface area contributed by atoms with Crippen LogP contribution in [0.15, 0.2) is 27.9 Å². The number of rotatable bonds is 4. The number of hydrazone groups is 1. The quantitative estimate of drug-likeness (QED) is 0.457. The first-order valence-electron chi connectivity index (χ1n) is 7.62. The number of anilines is 1. The van der Waals surface area contributed by atoms with Crippen molar-refractivity contribution in [2.45, 2.75) is 58.2 Å². The van der Waals surface area contributed by atoms with Crippen LogP contribution in [0.1, 0.15) is 46.0 Å². The van der Waals surface area contributed by atoms with Crippen LogP contribution < -0.4 is 5.01 Å². The summed E-state index contributed by atoms with van der Waals surface area (Å²) in [4.78, 5) is 4.43. The van der Waals surface area contributed by atoms with Crippen LogP contribution in [0.3, 0.4) is 0 Å². The Morgan fingerprint density at radius 2 is 2.14 bits per heavy atom. The van der Waals surface area contributed by atoms with Gasteiger partial charge >= 0.3 is 0 Å². The molecule has 0 saturated heterocycles. The molecule has 5 heteroatoms. The van der Waals surface area contributed by atoms with E-state index in [2.05, 4.69) is 34.8 Å². The third-order valence-corrected chi connectivity index (χ3v) is 3.98. The van der Waals surface area contributed by atoms with Gasteiger partial charge in [-0.3, -0.25) is 5.01 Å². The molecule has 1 saturated carbocycles. The Hall–Kier alpha value is -0.940. The molecule has 2 rings (SSSR count). The zero-order valence-corrected chi connectivity index (χ0v) is 14.6.